The molecule has 0 aliphatic rings. The predicted octanol–water partition coefficient (Wildman–Crippen LogP) is 1.84. The topological polar surface area (TPSA) is 38.3 Å². The molecule has 0 saturated heterocycles. The average molecular weight is 185 g/mol. The van der Waals surface area contributed by atoms with Crippen LogP contribution in [0.1, 0.15) is 34.1 Å². The summed E-state index contributed by atoms with van der Waals surface area (Å²) < 4.78 is 5.03. The van der Waals surface area contributed by atoms with E-state index in [2.05, 4.69) is 18.8 Å². The van der Waals surface area contributed by atoms with Gasteiger partial charge in [-0.05, 0) is 27.2 Å². The number of esters is 1. The molecule has 0 amide bonds. The van der Waals surface area contributed by atoms with Crippen LogP contribution in [0.3, 0.4) is 0 Å². The van der Waals surface area contributed by atoms with E-state index in [1.165, 1.54) is 0 Å². The SMILES string of the molecule is C=C(C)C(=O)OC(C)NC(C)CC. The molecule has 2 atom stereocenters. The lowest BCUT2D eigenvalue weighted by molar-refractivity contribution is -0.145. The molecule has 13 heavy (non-hydrogen) atoms. The molecule has 0 saturated carbocycles. The number of rotatable bonds is 5. The highest BCUT2D eigenvalue weighted by atomic mass is 16.6. The number of carbonyl (C=O) groups is 1. The van der Waals surface area contributed by atoms with E-state index < -0.39 is 0 Å². The van der Waals surface area contributed by atoms with Gasteiger partial charge in [0.2, 0.25) is 0 Å². The maximum absolute atomic E-state index is 11.1. The van der Waals surface area contributed by atoms with Crippen molar-refractivity contribution in [3.05, 3.63) is 12.2 Å². The first-order valence-corrected chi connectivity index (χ1v) is 4.59. The van der Waals surface area contributed by atoms with Crippen LogP contribution in [0, 0.1) is 0 Å². The molecule has 0 aliphatic heterocycles. The summed E-state index contributed by atoms with van der Waals surface area (Å²) in [4.78, 5) is 11.1. The van der Waals surface area contributed by atoms with Crippen molar-refractivity contribution in [3.63, 3.8) is 0 Å². The molecule has 0 spiro atoms. The van der Waals surface area contributed by atoms with E-state index in [4.69, 9.17) is 4.74 Å². The van der Waals surface area contributed by atoms with Gasteiger partial charge in [-0.15, -0.1) is 0 Å². The fraction of sp³-hybridized carbons (Fsp3) is 0.700. The first-order valence-electron chi connectivity index (χ1n) is 4.59. The van der Waals surface area contributed by atoms with Crippen molar-refractivity contribution < 1.29 is 9.53 Å². The van der Waals surface area contributed by atoms with Gasteiger partial charge in [-0.25, -0.2) is 4.79 Å². The lowest BCUT2D eigenvalue weighted by Gasteiger charge is -2.18. The lowest BCUT2D eigenvalue weighted by Crippen LogP contribution is -2.37. The molecule has 0 radical (unpaired) electrons. The van der Waals surface area contributed by atoms with Gasteiger partial charge in [-0.2, -0.15) is 0 Å². The summed E-state index contributed by atoms with van der Waals surface area (Å²) in [6.07, 6.45) is 0.758. The zero-order valence-electron chi connectivity index (χ0n) is 8.89. The fourth-order valence-corrected chi connectivity index (χ4v) is 0.814. The van der Waals surface area contributed by atoms with E-state index in [0.717, 1.165) is 6.42 Å². The van der Waals surface area contributed by atoms with Crippen LogP contribution in [0.25, 0.3) is 0 Å². The standard InChI is InChI=1S/C10H19NO2/c1-6-8(4)11-9(5)13-10(12)7(2)3/h8-9,11H,2,6H2,1,3-5H3. The Morgan fingerprint density at radius 1 is 1.54 bits per heavy atom. The third-order valence-corrected chi connectivity index (χ3v) is 1.76. The van der Waals surface area contributed by atoms with Crippen LogP contribution in [0.15, 0.2) is 12.2 Å². The Morgan fingerprint density at radius 3 is 2.46 bits per heavy atom. The van der Waals surface area contributed by atoms with Crippen LogP contribution in [0.4, 0.5) is 0 Å². The highest BCUT2D eigenvalue weighted by Gasteiger charge is 2.10. The van der Waals surface area contributed by atoms with Crippen LogP contribution >= 0.6 is 0 Å². The minimum Gasteiger partial charge on any atom is -0.444 e. The average Bonchev–Trinajstić information content (AvgIpc) is 2.03. The Kier molecular flexibility index (Phi) is 5.39. The van der Waals surface area contributed by atoms with E-state index in [1.54, 1.807) is 6.92 Å². The summed E-state index contributed by atoms with van der Waals surface area (Å²) in [5.41, 5.74) is 0.429. The molecule has 0 fully saturated rings. The predicted molar refractivity (Wildman–Crippen MR) is 53.3 cm³/mol. The van der Waals surface area contributed by atoms with Gasteiger partial charge in [0, 0.05) is 11.6 Å². The normalized spacial score (nSPS) is 14.8. The number of ether oxygens (including phenoxy) is 1. The number of hydrogen-bond acceptors (Lipinski definition) is 3. The van der Waals surface area contributed by atoms with Gasteiger partial charge in [0.05, 0.1) is 0 Å². The van der Waals surface area contributed by atoms with Crippen molar-refractivity contribution in [2.24, 2.45) is 0 Å². The molecule has 0 rings (SSSR count). The number of carbonyl (C=O) groups excluding carboxylic acids is 1. The quantitative estimate of drug-likeness (QED) is 0.403. The monoisotopic (exact) mass is 185 g/mol. The van der Waals surface area contributed by atoms with E-state index in [9.17, 15) is 4.79 Å². The Hall–Kier alpha value is -0.830. The van der Waals surface area contributed by atoms with Gasteiger partial charge >= 0.3 is 5.97 Å². The van der Waals surface area contributed by atoms with E-state index in [0.29, 0.717) is 11.6 Å². The summed E-state index contributed by atoms with van der Waals surface area (Å²) >= 11 is 0. The molecule has 1 N–H and O–H groups in total. The second-order valence-corrected chi connectivity index (χ2v) is 3.30. The maximum atomic E-state index is 11.1. The largest absolute Gasteiger partial charge is 0.444 e. The summed E-state index contributed by atoms with van der Waals surface area (Å²) in [6, 6.07) is 0.355. The van der Waals surface area contributed by atoms with Gasteiger partial charge in [0.25, 0.3) is 0 Å². The van der Waals surface area contributed by atoms with Crippen LogP contribution in [0.2, 0.25) is 0 Å². The van der Waals surface area contributed by atoms with Crippen LogP contribution in [-0.2, 0) is 9.53 Å². The van der Waals surface area contributed by atoms with Gasteiger partial charge in [-0.3, -0.25) is 5.32 Å². The van der Waals surface area contributed by atoms with Gasteiger partial charge < -0.3 is 4.74 Å². The van der Waals surface area contributed by atoms with E-state index in [1.807, 2.05) is 13.8 Å². The van der Waals surface area contributed by atoms with Gasteiger partial charge in [-0.1, -0.05) is 13.5 Å². The molecule has 0 bridgehead atoms. The first-order chi connectivity index (χ1) is 5.97. The Morgan fingerprint density at radius 2 is 2.08 bits per heavy atom. The van der Waals surface area contributed by atoms with Crippen LogP contribution in [0.5, 0.6) is 0 Å². The summed E-state index contributed by atoms with van der Waals surface area (Å²) in [5.74, 6) is -0.344. The van der Waals surface area contributed by atoms with Crippen molar-refractivity contribution in [1.29, 1.82) is 0 Å². The minimum atomic E-state index is -0.344. The second kappa shape index (κ2) is 5.75. The third kappa shape index (κ3) is 5.42. The van der Waals surface area contributed by atoms with Crippen LogP contribution < -0.4 is 5.32 Å². The molecular weight excluding hydrogens is 166 g/mol. The van der Waals surface area contributed by atoms with E-state index in [-0.39, 0.29) is 12.2 Å². The first kappa shape index (κ1) is 12.2. The van der Waals surface area contributed by atoms with Crippen molar-refractivity contribution in [1.82, 2.24) is 5.32 Å². The zero-order valence-corrected chi connectivity index (χ0v) is 8.89. The molecule has 0 aliphatic carbocycles. The van der Waals surface area contributed by atoms with Crippen molar-refractivity contribution >= 4 is 5.97 Å². The lowest BCUT2D eigenvalue weighted by atomic mass is 10.2. The highest BCUT2D eigenvalue weighted by molar-refractivity contribution is 5.87. The van der Waals surface area contributed by atoms with Crippen molar-refractivity contribution in [3.8, 4) is 0 Å². The zero-order chi connectivity index (χ0) is 10.4. The smallest absolute Gasteiger partial charge is 0.334 e. The Bertz CT molecular complexity index is 189. The van der Waals surface area contributed by atoms with Gasteiger partial charge in [0.1, 0.15) is 0 Å². The number of nitrogens with one attached hydrogen (secondary N) is 1. The summed E-state index contributed by atoms with van der Waals surface area (Å²) in [7, 11) is 0. The summed E-state index contributed by atoms with van der Waals surface area (Å²) in [5, 5.41) is 3.13. The maximum Gasteiger partial charge on any atom is 0.334 e. The van der Waals surface area contributed by atoms with Crippen molar-refractivity contribution in [2.45, 2.75) is 46.4 Å². The molecule has 3 nitrogen and oxygen atoms in total. The van der Waals surface area contributed by atoms with Crippen molar-refractivity contribution in [2.75, 3.05) is 0 Å². The molecule has 0 heterocycles. The number of hydrogen-bond donors (Lipinski definition) is 1. The second-order valence-electron chi connectivity index (χ2n) is 3.30. The molecule has 3 heteroatoms. The molecule has 2 unspecified atom stereocenters. The Balaban J connectivity index is 3.80. The third-order valence-electron chi connectivity index (χ3n) is 1.76. The molecular formula is C10H19NO2. The minimum absolute atomic E-state index is 0.251. The Labute approximate surface area is 80.2 Å². The van der Waals surface area contributed by atoms with E-state index >= 15 is 0 Å². The molecule has 0 aromatic carbocycles. The molecule has 0 aromatic heterocycles. The van der Waals surface area contributed by atoms with Gasteiger partial charge in [0.15, 0.2) is 6.23 Å². The molecule has 0 aromatic rings. The van der Waals surface area contributed by atoms with Crippen LogP contribution in [-0.4, -0.2) is 18.2 Å². The fourth-order valence-electron chi connectivity index (χ4n) is 0.814. The summed E-state index contributed by atoms with van der Waals surface area (Å²) in [6.45, 7) is 11.1. The molecule has 76 valence electrons. The highest BCUT2D eigenvalue weighted by Crippen LogP contribution is 1.98.